The number of carbonyl (C=O) groups is 2. The van der Waals surface area contributed by atoms with Crippen molar-refractivity contribution in [1.82, 2.24) is 4.98 Å². The summed E-state index contributed by atoms with van der Waals surface area (Å²) < 4.78 is 0. The second kappa shape index (κ2) is 5.27. The molecule has 0 fully saturated rings. The van der Waals surface area contributed by atoms with Gasteiger partial charge in [-0.3, -0.25) is 9.78 Å². The number of Topliss-reactive ketones (excluding diaryl/α,β-unsaturated/α-hetero) is 1. The van der Waals surface area contributed by atoms with Gasteiger partial charge in [-0.05, 0) is 12.1 Å². The minimum atomic E-state index is -1.42. The molecule has 1 aromatic heterocycles. The van der Waals surface area contributed by atoms with Gasteiger partial charge >= 0.3 is 5.97 Å². The van der Waals surface area contributed by atoms with E-state index in [9.17, 15) is 9.59 Å². The molecule has 0 spiro atoms. The van der Waals surface area contributed by atoms with E-state index in [0.29, 0.717) is 5.69 Å². The fourth-order valence-electron chi connectivity index (χ4n) is 0.743. The van der Waals surface area contributed by atoms with Gasteiger partial charge in [-0.1, -0.05) is 6.07 Å². The van der Waals surface area contributed by atoms with Crippen LogP contribution in [0.4, 0.5) is 0 Å². The van der Waals surface area contributed by atoms with Gasteiger partial charge in [0.15, 0.2) is 0 Å². The standard InChI is InChI=1S/C8H7NO3.ClH/c10-7(8(11)12)5-6-3-1-2-4-9-6;/h1-4H,5H2,(H,11,12);1H. The SMILES string of the molecule is Cl.O=C(O)C(=O)Cc1ccccn1. The average Bonchev–Trinajstić information content (AvgIpc) is 2.06. The second-order valence-electron chi connectivity index (χ2n) is 2.23. The zero-order chi connectivity index (χ0) is 8.97. The van der Waals surface area contributed by atoms with Gasteiger partial charge in [0.1, 0.15) is 0 Å². The Kier molecular flexibility index (Phi) is 4.69. The molecule has 0 saturated carbocycles. The lowest BCUT2D eigenvalue weighted by Gasteiger charge is -1.94. The van der Waals surface area contributed by atoms with E-state index < -0.39 is 11.8 Å². The van der Waals surface area contributed by atoms with E-state index in [0.717, 1.165) is 0 Å². The molecule has 4 nitrogen and oxygen atoms in total. The third-order valence-electron chi connectivity index (χ3n) is 1.31. The van der Waals surface area contributed by atoms with Crippen molar-refractivity contribution in [2.75, 3.05) is 0 Å². The molecule has 0 aliphatic carbocycles. The number of aromatic nitrogens is 1. The Morgan fingerprint density at radius 2 is 2.08 bits per heavy atom. The monoisotopic (exact) mass is 201 g/mol. The lowest BCUT2D eigenvalue weighted by Crippen LogP contribution is -2.15. The maximum absolute atomic E-state index is 10.7. The van der Waals surface area contributed by atoms with Crippen LogP contribution in [0.1, 0.15) is 5.69 Å². The summed E-state index contributed by atoms with van der Waals surface area (Å²) in [5.74, 6) is -2.26. The topological polar surface area (TPSA) is 67.3 Å². The molecule has 0 amide bonds. The lowest BCUT2D eigenvalue weighted by molar-refractivity contribution is -0.148. The van der Waals surface area contributed by atoms with Gasteiger partial charge in [0.25, 0.3) is 0 Å². The van der Waals surface area contributed by atoms with E-state index in [1.807, 2.05) is 0 Å². The summed E-state index contributed by atoms with van der Waals surface area (Å²) in [6, 6.07) is 5.02. The number of pyridine rings is 1. The van der Waals surface area contributed by atoms with E-state index in [1.54, 1.807) is 18.2 Å². The minimum absolute atomic E-state index is 0. The first-order valence-corrected chi connectivity index (χ1v) is 3.36. The fourth-order valence-corrected chi connectivity index (χ4v) is 0.743. The predicted molar refractivity (Wildman–Crippen MR) is 47.8 cm³/mol. The zero-order valence-electron chi connectivity index (χ0n) is 6.64. The maximum Gasteiger partial charge on any atom is 0.372 e. The molecule has 0 atom stereocenters. The second-order valence-corrected chi connectivity index (χ2v) is 2.23. The van der Waals surface area contributed by atoms with E-state index in [4.69, 9.17) is 5.11 Å². The van der Waals surface area contributed by atoms with E-state index in [-0.39, 0.29) is 18.8 Å². The van der Waals surface area contributed by atoms with Crippen LogP contribution in [0.15, 0.2) is 24.4 Å². The van der Waals surface area contributed by atoms with Crippen LogP contribution < -0.4 is 0 Å². The van der Waals surface area contributed by atoms with Crippen molar-refractivity contribution in [2.24, 2.45) is 0 Å². The Morgan fingerprint density at radius 1 is 1.38 bits per heavy atom. The van der Waals surface area contributed by atoms with Crippen LogP contribution in [-0.4, -0.2) is 21.8 Å². The summed E-state index contributed by atoms with van der Waals surface area (Å²) in [5.41, 5.74) is 0.477. The normalized spacial score (nSPS) is 8.62. The van der Waals surface area contributed by atoms with Crippen LogP contribution in [0.5, 0.6) is 0 Å². The minimum Gasteiger partial charge on any atom is -0.475 e. The molecule has 5 heteroatoms. The summed E-state index contributed by atoms with van der Waals surface area (Å²) in [6.07, 6.45) is 1.38. The van der Waals surface area contributed by atoms with Gasteiger partial charge in [0.2, 0.25) is 5.78 Å². The number of hydrogen-bond acceptors (Lipinski definition) is 3. The highest BCUT2D eigenvalue weighted by Gasteiger charge is 2.11. The molecule has 1 aromatic rings. The average molecular weight is 202 g/mol. The molecule has 0 aliphatic heterocycles. The Hall–Kier alpha value is -1.42. The molecule has 0 saturated heterocycles. The van der Waals surface area contributed by atoms with Crippen molar-refractivity contribution < 1.29 is 14.7 Å². The molecule has 1 heterocycles. The Morgan fingerprint density at radius 3 is 2.54 bits per heavy atom. The van der Waals surface area contributed by atoms with Gasteiger partial charge in [-0.15, -0.1) is 12.4 Å². The summed E-state index contributed by atoms with van der Waals surface area (Å²) >= 11 is 0. The van der Waals surface area contributed by atoms with Gasteiger partial charge in [0.05, 0.1) is 6.42 Å². The van der Waals surface area contributed by atoms with Crippen molar-refractivity contribution in [3.8, 4) is 0 Å². The van der Waals surface area contributed by atoms with Crippen molar-refractivity contribution in [3.05, 3.63) is 30.1 Å². The maximum atomic E-state index is 10.7. The molecule has 1 rings (SSSR count). The largest absolute Gasteiger partial charge is 0.475 e. The van der Waals surface area contributed by atoms with Gasteiger partial charge in [-0.2, -0.15) is 0 Å². The molecule has 0 unspecified atom stereocenters. The van der Waals surface area contributed by atoms with Crippen LogP contribution >= 0.6 is 12.4 Å². The summed E-state index contributed by atoms with van der Waals surface area (Å²) in [5, 5.41) is 8.27. The first kappa shape index (κ1) is 11.6. The quantitative estimate of drug-likeness (QED) is 0.731. The molecule has 0 aromatic carbocycles. The number of halogens is 1. The Bertz CT molecular complexity index is 300. The highest BCUT2D eigenvalue weighted by Crippen LogP contribution is 1.95. The number of aliphatic carboxylic acids is 1. The van der Waals surface area contributed by atoms with Gasteiger partial charge in [-0.25, -0.2) is 4.79 Å². The predicted octanol–water partition coefficient (Wildman–Crippen LogP) is 0.700. The first-order valence-electron chi connectivity index (χ1n) is 3.36. The number of carboxylic acid groups (broad SMARTS) is 1. The summed E-state index contributed by atoms with van der Waals surface area (Å²) in [6.45, 7) is 0. The molecule has 1 N–H and O–H groups in total. The molecule has 0 bridgehead atoms. The first-order chi connectivity index (χ1) is 5.70. The van der Waals surface area contributed by atoms with E-state index in [2.05, 4.69) is 4.98 Å². The van der Waals surface area contributed by atoms with Crippen LogP contribution in [0.25, 0.3) is 0 Å². The number of nitrogens with zero attached hydrogens (tertiary/aromatic N) is 1. The van der Waals surface area contributed by atoms with Crippen LogP contribution in [-0.2, 0) is 16.0 Å². The highest BCUT2D eigenvalue weighted by atomic mass is 35.5. The molecule has 13 heavy (non-hydrogen) atoms. The molecule has 0 radical (unpaired) electrons. The number of rotatable bonds is 3. The third kappa shape index (κ3) is 3.66. The summed E-state index contributed by atoms with van der Waals surface area (Å²) in [4.78, 5) is 24.6. The molecular weight excluding hydrogens is 194 g/mol. The van der Waals surface area contributed by atoms with E-state index in [1.165, 1.54) is 6.20 Å². The van der Waals surface area contributed by atoms with Crippen LogP contribution in [0, 0.1) is 0 Å². The summed E-state index contributed by atoms with van der Waals surface area (Å²) in [7, 11) is 0. The smallest absolute Gasteiger partial charge is 0.372 e. The number of ketones is 1. The van der Waals surface area contributed by atoms with E-state index >= 15 is 0 Å². The van der Waals surface area contributed by atoms with Gasteiger partial charge in [0, 0.05) is 11.9 Å². The highest BCUT2D eigenvalue weighted by molar-refractivity contribution is 6.33. The van der Waals surface area contributed by atoms with Gasteiger partial charge < -0.3 is 5.11 Å². The number of carbonyl (C=O) groups excluding carboxylic acids is 1. The molecule has 0 aliphatic rings. The zero-order valence-corrected chi connectivity index (χ0v) is 7.45. The number of carboxylic acids is 1. The van der Waals surface area contributed by atoms with Crippen molar-refractivity contribution >= 4 is 24.2 Å². The molecular formula is C8H8ClNO3. The van der Waals surface area contributed by atoms with Crippen molar-refractivity contribution in [1.29, 1.82) is 0 Å². The van der Waals surface area contributed by atoms with Crippen LogP contribution in [0.2, 0.25) is 0 Å². The van der Waals surface area contributed by atoms with Crippen molar-refractivity contribution in [3.63, 3.8) is 0 Å². The Balaban J connectivity index is 0.00000144. The van der Waals surface area contributed by atoms with Crippen LogP contribution in [0.3, 0.4) is 0 Å². The Labute approximate surface area is 81.0 Å². The lowest BCUT2D eigenvalue weighted by atomic mass is 10.2. The van der Waals surface area contributed by atoms with Crippen molar-refractivity contribution in [2.45, 2.75) is 6.42 Å². The third-order valence-corrected chi connectivity index (χ3v) is 1.31. The number of hydrogen-bond donors (Lipinski definition) is 1. The molecule has 70 valence electrons. The fraction of sp³-hybridized carbons (Fsp3) is 0.125.